The molecule has 0 bridgehead atoms. The number of nitrogens with zero attached hydrogens (tertiary/aromatic N) is 1. The van der Waals surface area contributed by atoms with Crippen molar-refractivity contribution in [1.82, 2.24) is 0 Å². The Bertz CT molecular complexity index is 1050. The first-order valence-corrected chi connectivity index (χ1v) is 11.6. The van der Waals surface area contributed by atoms with E-state index < -0.39 is 28.4 Å². The lowest BCUT2D eigenvalue weighted by molar-refractivity contribution is -0.114. The van der Waals surface area contributed by atoms with E-state index >= 15 is 0 Å². The Balaban J connectivity index is 2.09. The number of benzene rings is 2. The molecular weight excluding hydrogens is 420 g/mol. The van der Waals surface area contributed by atoms with Crippen LogP contribution in [0.4, 0.5) is 11.4 Å². The third kappa shape index (κ3) is 7.21. The van der Waals surface area contributed by atoms with Gasteiger partial charge in [-0.1, -0.05) is 25.5 Å². The van der Waals surface area contributed by atoms with Crippen LogP contribution in [-0.4, -0.2) is 45.5 Å². The van der Waals surface area contributed by atoms with Gasteiger partial charge in [0.05, 0.1) is 24.1 Å². The molecule has 0 atom stereocenters. The summed E-state index contributed by atoms with van der Waals surface area (Å²) < 4.78 is 30.5. The van der Waals surface area contributed by atoms with Gasteiger partial charge >= 0.3 is 5.97 Å². The van der Waals surface area contributed by atoms with Crippen LogP contribution in [0.1, 0.15) is 47.4 Å². The maximum Gasteiger partial charge on any atom is 0.338 e. The van der Waals surface area contributed by atoms with Crippen LogP contribution in [-0.2, 0) is 19.6 Å². The van der Waals surface area contributed by atoms with Gasteiger partial charge in [-0.3, -0.25) is 13.9 Å². The van der Waals surface area contributed by atoms with E-state index in [0.717, 1.165) is 23.4 Å². The lowest BCUT2D eigenvalue weighted by Crippen LogP contribution is -2.37. The van der Waals surface area contributed by atoms with E-state index in [-0.39, 0.29) is 11.5 Å². The van der Waals surface area contributed by atoms with Crippen LogP contribution in [0.15, 0.2) is 48.5 Å². The van der Waals surface area contributed by atoms with Crippen molar-refractivity contribution in [2.75, 3.05) is 29.0 Å². The Kier molecular flexibility index (Phi) is 8.32. The zero-order valence-electron chi connectivity index (χ0n) is 17.8. The van der Waals surface area contributed by atoms with Crippen molar-refractivity contribution in [3.63, 3.8) is 0 Å². The van der Waals surface area contributed by atoms with E-state index in [9.17, 15) is 22.8 Å². The Labute approximate surface area is 182 Å². The average Bonchev–Trinajstić information content (AvgIpc) is 2.72. The first kappa shape index (κ1) is 24.1. The van der Waals surface area contributed by atoms with Crippen LogP contribution in [0, 0.1) is 0 Å². The Morgan fingerprint density at radius 1 is 1.03 bits per heavy atom. The summed E-state index contributed by atoms with van der Waals surface area (Å²) in [7, 11) is -3.78. The van der Waals surface area contributed by atoms with Gasteiger partial charge in [0, 0.05) is 11.3 Å². The molecule has 0 aliphatic rings. The molecule has 2 rings (SSSR count). The predicted molar refractivity (Wildman–Crippen MR) is 119 cm³/mol. The summed E-state index contributed by atoms with van der Waals surface area (Å²) in [6.07, 6.45) is 2.69. The molecule has 0 aromatic heterocycles. The summed E-state index contributed by atoms with van der Waals surface area (Å²) in [5.41, 5.74) is 1.32. The molecule has 0 saturated carbocycles. The molecule has 166 valence electrons. The van der Waals surface area contributed by atoms with E-state index in [1.807, 2.05) is 6.92 Å². The lowest BCUT2D eigenvalue weighted by Gasteiger charge is -2.22. The highest BCUT2D eigenvalue weighted by Gasteiger charge is 2.21. The van der Waals surface area contributed by atoms with Crippen LogP contribution >= 0.6 is 0 Å². The molecular formula is C22H26N2O6S. The van der Waals surface area contributed by atoms with Gasteiger partial charge in [-0.05, 0) is 49.7 Å². The molecule has 0 fully saturated rings. The minimum Gasteiger partial charge on any atom is -0.462 e. The van der Waals surface area contributed by atoms with E-state index in [1.165, 1.54) is 43.3 Å². The highest BCUT2D eigenvalue weighted by atomic mass is 32.2. The molecule has 31 heavy (non-hydrogen) atoms. The van der Waals surface area contributed by atoms with Gasteiger partial charge in [0.25, 0.3) is 0 Å². The molecule has 8 nitrogen and oxygen atoms in total. The van der Waals surface area contributed by atoms with E-state index in [4.69, 9.17) is 4.74 Å². The summed E-state index contributed by atoms with van der Waals surface area (Å²) in [6, 6.07) is 12.2. The number of Topliss-reactive ketones (excluding diaryl/α,β-unsaturated/α-hetero) is 1. The minimum atomic E-state index is -3.78. The number of ketones is 1. The summed E-state index contributed by atoms with van der Waals surface area (Å²) >= 11 is 0. The number of carbonyl (C=O) groups is 3. The molecule has 9 heteroatoms. The molecule has 0 heterocycles. The van der Waals surface area contributed by atoms with Crippen molar-refractivity contribution in [2.24, 2.45) is 0 Å². The van der Waals surface area contributed by atoms with Crippen molar-refractivity contribution >= 4 is 39.1 Å². The molecule has 0 spiro atoms. The van der Waals surface area contributed by atoms with Gasteiger partial charge in [-0.2, -0.15) is 0 Å². The summed E-state index contributed by atoms with van der Waals surface area (Å²) in [5, 5.41) is 2.61. The Morgan fingerprint density at radius 2 is 1.71 bits per heavy atom. The molecule has 0 aliphatic carbocycles. The zero-order valence-corrected chi connectivity index (χ0v) is 18.6. The predicted octanol–water partition coefficient (Wildman–Crippen LogP) is 3.25. The number of amides is 1. The number of esters is 1. The zero-order chi connectivity index (χ0) is 23.0. The number of hydrogen-bond donors (Lipinski definition) is 1. The summed E-state index contributed by atoms with van der Waals surface area (Å²) in [5.74, 6) is -1.23. The van der Waals surface area contributed by atoms with Crippen molar-refractivity contribution in [3.05, 3.63) is 59.7 Å². The normalized spacial score (nSPS) is 10.9. The van der Waals surface area contributed by atoms with Crippen LogP contribution in [0.25, 0.3) is 0 Å². The van der Waals surface area contributed by atoms with E-state index in [2.05, 4.69) is 5.32 Å². The molecule has 2 aromatic rings. The first-order chi connectivity index (χ1) is 14.6. The van der Waals surface area contributed by atoms with Crippen molar-refractivity contribution < 1.29 is 27.5 Å². The van der Waals surface area contributed by atoms with Gasteiger partial charge in [0.2, 0.25) is 15.9 Å². The van der Waals surface area contributed by atoms with Crippen LogP contribution < -0.4 is 9.62 Å². The van der Waals surface area contributed by atoms with Crippen molar-refractivity contribution in [3.8, 4) is 0 Å². The van der Waals surface area contributed by atoms with Gasteiger partial charge in [-0.15, -0.1) is 0 Å². The number of anilines is 2. The molecule has 0 radical (unpaired) electrons. The van der Waals surface area contributed by atoms with Crippen molar-refractivity contribution in [1.29, 1.82) is 0 Å². The van der Waals surface area contributed by atoms with E-state index in [0.29, 0.717) is 23.4 Å². The van der Waals surface area contributed by atoms with Gasteiger partial charge in [-0.25, -0.2) is 13.2 Å². The smallest absolute Gasteiger partial charge is 0.338 e. The minimum absolute atomic E-state index is 0.215. The van der Waals surface area contributed by atoms with Gasteiger partial charge < -0.3 is 10.1 Å². The van der Waals surface area contributed by atoms with Gasteiger partial charge in [0.1, 0.15) is 6.54 Å². The van der Waals surface area contributed by atoms with Crippen LogP contribution in [0.3, 0.4) is 0 Å². The number of carbonyl (C=O) groups excluding carboxylic acids is 3. The topological polar surface area (TPSA) is 110 Å². The second-order valence-electron chi connectivity index (χ2n) is 6.99. The Hall–Kier alpha value is -3.20. The second-order valence-corrected chi connectivity index (χ2v) is 8.90. The molecule has 0 aliphatic heterocycles. The number of ether oxygens (including phenoxy) is 1. The van der Waals surface area contributed by atoms with Gasteiger partial charge in [0.15, 0.2) is 5.78 Å². The number of sulfonamides is 1. The second kappa shape index (κ2) is 10.7. The Morgan fingerprint density at radius 3 is 2.29 bits per heavy atom. The number of unbranched alkanes of at least 4 members (excludes halogenated alkanes) is 1. The quantitative estimate of drug-likeness (QED) is 0.341. The highest BCUT2D eigenvalue weighted by molar-refractivity contribution is 7.92. The van der Waals surface area contributed by atoms with Crippen LogP contribution in [0.5, 0.6) is 0 Å². The SMILES string of the molecule is CCCCOC(=O)c1ccc(NC(=O)CN(c2cccc(C(C)=O)c2)S(C)(=O)=O)cc1. The summed E-state index contributed by atoms with van der Waals surface area (Å²) in [6.45, 7) is 3.25. The van der Waals surface area contributed by atoms with E-state index in [1.54, 1.807) is 12.1 Å². The average molecular weight is 447 g/mol. The molecule has 2 aromatic carbocycles. The molecule has 1 amide bonds. The summed E-state index contributed by atoms with van der Waals surface area (Å²) in [4.78, 5) is 36.0. The van der Waals surface area contributed by atoms with Crippen molar-refractivity contribution in [2.45, 2.75) is 26.7 Å². The molecule has 0 saturated heterocycles. The number of rotatable bonds is 10. The molecule has 1 N–H and O–H groups in total. The number of nitrogens with one attached hydrogen (secondary N) is 1. The fourth-order valence-electron chi connectivity index (χ4n) is 2.69. The fraction of sp³-hybridized carbons (Fsp3) is 0.318. The number of hydrogen-bond acceptors (Lipinski definition) is 6. The lowest BCUT2D eigenvalue weighted by atomic mass is 10.1. The largest absolute Gasteiger partial charge is 0.462 e. The molecule has 0 unspecified atom stereocenters. The third-order valence-electron chi connectivity index (χ3n) is 4.36. The maximum absolute atomic E-state index is 12.5. The first-order valence-electron chi connectivity index (χ1n) is 9.77. The van der Waals surface area contributed by atoms with Crippen LogP contribution in [0.2, 0.25) is 0 Å². The maximum atomic E-state index is 12.5. The fourth-order valence-corrected chi connectivity index (χ4v) is 3.54. The standard InChI is InChI=1S/C22H26N2O6S/c1-4-5-13-30-22(27)17-9-11-19(12-10-17)23-21(26)15-24(31(3,28)29)20-8-6-7-18(14-20)16(2)25/h6-12,14H,4-5,13,15H2,1-3H3,(H,23,26). The highest BCUT2D eigenvalue weighted by Crippen LogP contribution is 2.20. The monoisotopic (exact) mass is 446 g/mol. The third-order valence-corrected chi connectivity index (χ3v) is 5.50.